The van der Waals surface area contributed by atoms with Crippen molar-refractivity contribution >= 4 is 29.2 Å². The molecule has 0 atom stereocenters. The molecule has 0 heterocycles. The highest BCUT2D eigenvalue weighted by molar-refractivity contribution is 6.32. The van der Waals surface area contributed by atoms with E-state index in [0.29, 0.717) is 15.6 Å². The van der Waals surface area contributed by atoms with Crippen molar-refractivity contribution in [3.8, 4) is 11.1 Å². The van der Waals surface area contributed by atoms with E-state index in [-0.39, 0.29) is 5.56 Å². The van der Waals surface area contributed by atoms with Crippen molar-refractivity contribution in [2.45, 2.75) is 6.92 Å². The van der Waals surface area contributed by atoms with Crippen LogP contribution < -0.4 is 0 Å². The van der Waals surface area contributed by atoms with Crippen LogP contribution in [0.25, 0.3) is 11.1 Å². The number of hydrogen-bond acceptors (Lipinski definition) is 1. The summed E-state index contributed by atoms with van der Waals surface area (Å²) in [5, 5.41) is 10.3. The molecule has 2 nitrogen and oxygen atoms in total. The molecule has 18 heavy (non-hydrogen) atoms. The van der Waals surface area contributed by atoms with E-state index in [1.165, 1.54) is 6.07 Å². The average Bonchev–Trinajstić information content (AvgIpc) is 2.32. The Hall–Kier alpha value is -1.51. The van der Waals surface area contributed by atoms with Crippen molar-refractivity contribution in [3.05, 3.63) is 57.6 Å². The predicted octanol–water partition coefficient (Wildman–Crippen LogP) is 4.67. The van der Waals surface area contributed by atoms with E-state index in [2.05, 4.69) is 0 Å². The third-order valence-corrected chi connectivity index (χ3v) is 3.34. The summed E-state index contributed by atoms with van der Waals surface area (Å²) in [6.45, 7) is 1.89. The van der Waals surface area contributed by atoms with Gasteiger partial charge in [-0.05, 0) is 47.9 Å². The zero-order chi connectivity index (χ0) is 13.3. The van der Waals surface area contributed by atoms with Crippen LogP contribution in [-0.2, 0) is 0 Å². The molecule has 0 aromatic heterocycles. The molecular weight excluding hydrogens is 271 g/mol. The van der Waals surface area contributed by atoms with Gasteiger partial charge < -0.3 is 5.11 Å². The Kier molecular flexibility index (Phi) is 3.60. The van der Waals surface area contributed by atoms with Crippen molar-refractivity contribution in [1.29, 1.82) is 0 Å². The third-order valence-electron chi connectivity index (χ3n) is 2.69. The number of aryl methyl sites for hydroxylation is 1. The van der Waals surface area contributed by atoms with Crippen LogP contribution in [0.2, 0.25) is 10.0 Å². The Bertz CT molecular complexity index is 621. The molecule has 2 aromatic rings. The second-order valence-electron chi connectivity index (χ2n) is 3.96. The molecule has 0 aliphatic rings. The van der Waals surface area contributed by atoms with Crippen molar-refractivity contribution < 1.29 is 9.90 Å². The molecule has 4 heteroatoms. The van der Waals surface area contributed by atoms with Gasteiger partial charge >= 0.3 is 5.97 Å². The maximum absolute atomic E-state index is 11.2. The highest BCUT2D eigenvalue weighted by Crippen LogP contribution is 2.30. The summed E-state index contributed by atoms with van der Waals surface area (Å²) in [4.78, 5) is 11.2. The van der Waals surface area contributed by atoms with Gasteiger partial charge in [-0.25, -0.2) is 4.79 Å². The molecule has 0 unspecified atom stereocenters. The molecule has 1 N–H and O–H groups in total. The van der Waals surface area contributed by atoms with Crippen molar-refractivity contribution in [2.75, 3.05) is 0 Å². The fraction of sp³-hybridized carbons (Fsp3) is 0.0714. The summed E-state index contributed by atoms with van der Waals surface area (Å²) in [5.41, 5.74) is 2.46. The second-order valence-corrected chi connectivity index (χ2v) is 4.80. The predicted molar refractivity (Wildman–Crippen MR) is 73.6 cm³/mol. The van der Waals surface area contributed by atoms with E-state index < -0.39 is 5.97 Å². The van der Waals surface area contributed by atoms with Gasteiger partial charge in [0.15, 0.2) is 0 Å². The lowest BCUT2D eigenvalue weighted by molar-refractivity contribution is 0.0698. The molecule has 0 radical (unpaired) electrons. The van der Waals surface area contributed by atoms with Crippen LogP contribution in [-0.4, -0.2) is 11.1 Å². The Morgan fingerprint density at radius 1 is 1.11 bits per heavy atom. The van der Waals surface area contributed by atoms with Gasteiger partial charge in [0.05, 0.1) is 5.56 Å². The number of carboxylic acids is 1. The third kappa shape index (κ3) is 2.50. The van der Waals surface area contributed by atoms with Crippen LogP contribution in [0.15, 0.2) is 36.4 Å². The fourth-order valence-electron chi connectivity index (χ4n) is 1.70. The smallest absolute Gasteiger partial charge is 0.336 e. The summed E-state index contributed by atoms with van der Waals surface area (Å²) in [7, 11) is 0. The lowest BCUT2D eigenvalue weighted by Crippen LogP contribution is -1.99. The van der Waals surface area contributed by atoms with Gasteiger partial charge in [-0.3, -0.25) is 0 Å². The van der Waals surface area contributed by atoms with E-state index in [1.54, 1.807) is 18.2 Å². The van der Waals surface area contributed by atoms with E-state index in [9.17, 15) is 4.79 Å². The Balaban J connectivity index is 2.65. The number of halogens is 2. The van der Waals surface area contributed by atoms with Crippen LogP contribution >= 0.6 is 23.2 Å². The molecule has 92 valence electrons. The van der Waals surface area contributed by atoms with Gasteiger partial charge in [-0.2, -0.15) is 0 Å². The average molecular weight is 281 g/mol. The minimum Gasteiger partial charge on any atom is -0.478 e. The summed E-state index contributed by atoms with van der Waals surface area (Å²) in [6, 6.07) is 10.1. The van der Waals surface area contributed by atoms with E-state index in [4.69, 9.17) is 28.3 Å². The first-order valence-corrected chi connectivity index (χ1v) is 6.04. The minimum atomic E-state index is -0.988. The van der Waals surface area contributed by atoms with Gasteiger partial charge in [0, 0.05) is 10.0 Å². The maximum atomic E-state index is 11.2. The van der Waals surface area contributed by atoms with Crippen molar-refractivity contribution in [1.82, 2.24) is 0 Å². The van der Waals surface area contributed by atoms with E-state index in [1.807, 2.05) is 19.1 Å². The molecule has 0 aliphatic heterocycles. The largest absolute Gasteiger partial charge is 0.478 e. The van der Waals surface area contributed by atoms with Crippen LogP contribution in [0, 0.1) is 6.92 Å². The monoisotopic (exact) mass is 280 g/mol. The standard InChI is InChI=1S/C14H10Cl2O2/c1-8-2-3-9(6-13(8)16)12-7-10(15)4-5-11(12)14(17)18/h2-7H,1H3,(H,17,18). The molecule has 0 saturated carbocycles. The number of hydrogen-bond donors (Lipinski definition) is 1. The van der Waals surface area contributed by atoms with Gasteiger partial charge in [-0.1, -0.05) is 35.3 Å². The molecule has 0 saturated heterocycles. The zero-order valence-corrected chi connectivity index (χ0v) is 11.1. The van der Waals surface area contributed by atoms with Crippen LogP contribution in [0.5, 0.6) is 0 Å². The fourth-order valence-corrected chi connectivity index (χ4v) is 2.05. The van der Waals surface area contributed by atoms with E-state index in [0.717, 1.165) is 11.1 Å². The van der Waals surface area contributed by atoms with Gasteiger partial charge in [-0.15, -0.1) is 0 Å². The summed E-state index contributed by atoms with van der Waals surface area (Å²) in [5.74, 6) is -0.988. The van der Waals surface area contributed by atoms with Crippen LogP contribution in [0.4, 0.5) is 0 Å². The minimum absolute atomic E-state index is 0.208. The molecule has 0 bridgehead atoms. The molecule has 0 fully saturated rings. The lowest BCUT2D eigenvalue weighted by Gasteiger charge is -2.08. The Morgan fingerprint density at radius 3 is 2.44 bits per heavy atom. The second kappa shape index (κ2) is 5.01. The quantitative estimate of drug-likeness (QED) is 0.868. The Labute approximate surface area is 115 Å². The highest BCUT2D eigenvalue weighted by Gasteiger charge is 2.12. The lowest BCUT2D eigenvalue weighted by atomic mass is 9.99. The molecule has 0 amide bonds. The summed E-state index contributed by atoms with van der Waals surface area (Å²) in [6.07, 6.45) is 0. The topological polar surface area (TPSA) is 37.3 Å². The van der Waals surface area contributed by atoms with Crippen LogP contribution in [0.1, 0.15) is 15.9 Å². The number of carbonyl (C=O) groups is 1. The van der Waals surface area contributed by atoms with Crippen molar-refractivity contribution in [3.63, 3.8) is 0 Å². The number of benzene rings is 2. The number of rotatable bonds is 2. The first-order valence-electron chi connectivity index (χ1n) is 5.28. The summed E-state index contributed by atoms with van der Waals surface area (Å²) < 4.78 is 0. The van der Waals surface area contributed by atoms with Gasteiger partial charge in [0.1, 0.15) is 0 Å². The first kappa shape index (κ1) is 12.9. The van der Waals surface area contributed by atoms with Gasteiger partial charge in [0.25, 0.3) is 0 Å². The number of aromatic carboxylic acids is 1. The molecule has 0 spiro atoms. The van der Waals surface area contributed by atoms with Crippen LogP contribution in [0.3, 0.4) is 0 Å². The SMILES string of the molecule is Cc1ccc(-c2cc(Cl)ccc2C(=O)O)cc1Cl. The zero-order valence-electron chi connectivity index (χ0n) is 9.58. The number of carboxylic acid groups (broad SMARTS) is 1. The molecule has 2 rings (SSSR count). The summed E-state index contributed by atoms with van der Waals surface area (Å²) >= 11 is 12.0. The Morgan fingerprint density at radius 2 is 1.83 bits per heavy atom. The normalized spacial score (nSPS) is 10.4. The molecule has 2 aromatic carbocycles. The maximum Gasteiger partial charge on any atom is 0.336 e. The molecular formula is C14H10Cl2O2. The van der Waals surface area contributed by atoms with E-state index >= 15 is 0 Å². The first-order chi connectivity index (χ1) is 8.49. The van der Waals surface area contributed by atoms with Crippen molar-refractivity contribution in [2.24, 2.45) is 0 Å². The van der Waals surface area contributed by atoms with Gasteiger partial charge in [0.2, 0.25) is 0 Å². The molecule has 0 aliphatic carbocycles. The highest BCUT2D eigenvalue weighted by atomic mass is 35.5.